The van der Waals surface area contributed by atoms with E-state index in [2.05, 4.69) is 317 Å². The zero-order valence-electron chi connectivity index (χ0n) is 48.2. The van der Waals surface area contributed by atoms with Gasteiger partial charge in [-0.15, -0.1) is 0 Å². The lowest BCUT2D eigenvalue weighted by atomic mass is 9.88. The lowest BCUT2D eigenvalue weighted by molar-refractivity contribution is 0.483. The van der Waals surface area contributed by atoms with Gasteiger partial charge in [0, 0.05) is 62.9 Å². The molecule has 0 saturated carbocycles. The molecule has 0 fully saturated rings. The Morgan fingerprint density at radius 1 is 0.458 bits per heavy atom. The fourth-order valence-electron chi connectivity index (χ4n) is 12.8. The SMILES string of the molecule is CC(C)(C)c1ccnc(-n2c3ccccc3c3ccc(Oc4ccc5c(c4)N4CN(c6c(-c7cc(-c8ccccc8)cc(-c8ccccc8)c7)cccc6-c6cc(-c7ccccc7)cc(-c7ccccc7)c6)C=C4C(C)(C)[Si]5(C)C)cc32)c1. The van der Waals surface area contributed by atoms with Crippen molar-refractivity contribution >= 4 is 46.4 Å². The summed E-state index contributed by atoms with van der Waals surface area (Å²) in [5.41, 5.74) is 21.2. The third-order valence-electron chi connectivity index (χ3n) is 18.0. The number of benzene rings is 10. The molecule has 83 heavy (non-hydrogen) atoms. The van der Waals surface area contributed by atoms with Crippen molar-refractivity contribution in [2.45, 2.75) is 58.2 Å². The van der Waals surface area contributed by atoms with Crippen LogP contribution in [0.15, 0.2) is 267 Å². The Balaban J connectivity index is 0.928. The van der Waals surface area contributed by atoms with Crippen LogP contribution in [0.25, 0.3) is 94.4 Å². The third kappa shape index (κ3) is 9.15. The van der Waals surface area contributed by atoms with Crippen LogP contribution in [-0.2, 0) is 5.41 Å². The Kier molecular flexibility index (Phi) is 12.6. The summed E-state index contributed by atoms with van der Waals surface area (Å²) in [5.74, 6) is 2.48. The first-order valence-electron chi connectivity index (χ1n) is 29.0. The zero-order valence-corrected chi connectivity index (χ0v) is 49.2. The maximum absolute atomic E-state index is 7.06. The van der Waals surface area contributed by atoms with Gasteiger partial charge in [-0.05, 0) is 145 Å². The molecule has 0 radical (unpaired) electrons. The second-order valence-corrected chi connectivity index (χ2v) is 29.6. The van der Waals surface area contributed by atoms with E-state index in [9.17, 15) is 0 Å². The van der Waals surface area contributed by atoms with Crippen LogP contribution in [0.3, 0.4) is 0 Å². The number of para-hydroxylation sites is 2. The summed E-state index contributed by atoms with van der Waals surface area (Å²) in [6.45, 7) is 17.4. The molecule has 6 heteroatoms. The van der Waals surface area contributed by atoms with Crippen molar-refractivity contribution in [3.63, 3.8) is 0 Å². The number of ether oxygens (including phenoxy) is 1. The molecular weight excluding hydrogens is 1020 g/mol. The van der Waals surface area contributed by atoms with Crippen molar-refractivity contribution < 1.29 is 4.74 Å². The predicted octanol–water partition coefficient (Wildman–Crippen LogP) is 20.1. The molecule has 2 aliphatic rings. The van der Waals surface area contributed by atoms with Crippen LogP contribution in [0.1, 0.15) is 40.2 Å². The molecule has 0 spiro atoms. The molecule has 0 N–H and O–H groups in total. The van der Waals surface area contributed by atoms with Gasteiger partial charge in [0.25, 0.3) is 0 Å². The van der Waals surface area contributed by atoms with Gasteiger partial charge in [-0.3, -0.25) is 4.57 Å². The second kappa shape index (κ2) is 20.2. The zero-order chi connectivity index (χ0) is 56.6. The van der Waals surface area contributed by atoms with Crippen LogP contribution in [0.4, 0.5) is 11.4 Å². The van der Waals surface area contributed by atoms with Crippen molar-refractivity contribution in [2.24, 2.45) is 0 Å². The summed E-state index contributed by atoms with van der Waals surface area (Å²) in [6.07, 6.45) is 4.43. The minimum atomic E-state index is -2.23. The smallest absolute Gasteiger partial charge is 0.137 e. The van der Waals surface area contributed by atoms with Gasteiger partial charge in [0.05, 0.1) is 31.5 Å². The average molecular weight is 1090 g/mol. The van der Waals surface area contributed by atoms with Gasteiger partial charge >= 0.3 is 0 Å². The van der Waals surface area contributed by atoms with Crippen LogP contribution in [-0.4, -0.2) is 24.3 Å². The maximum atomic E-state index is 7.06. The first-order valence-corrected chi connectivity index (χ1v) is 32.0. The van der Waals surface area contributed by atoms with E-state index in [1.165, 1.54) is 88.8 Å². The minimum Gasteiger partial charge on any atom is -0.457 e. The van der Waals surface area contributed by atoms with E-state index in [1.807, 2.05) is 6.20 Å². The van der Waals surface area contributed by atoms with Crippen molar-refractivity contribution in [2.75, 3.05) is 16.5 Å². The van der Waals surface area contributed by atoms with E-state index in [-0.39, 0.29) is 10.5 Å². The highest BCUT2D eigenvalue weighted by Gasteiger charge is 2.52. The number of pyridine rings is 1. The number of anilines is 2. The maximum Gasteiger partial charge on any atom is 0.137 e. The summed E-state index contributed by atoms with van der Waals surface area (Å²) >= 11 is 0. The molecule has 14 rings (SSSR count). The molecule has 12 aromatic rings. The van der Waals surface area contributed by atoms with E-state index in [0.29, 0.717) is 6.67 Å². The highest BCUT2D eigenvalue weighted by molar-refractivity contribution is 6.94. The van der Waals surface area contributed by atoms with Crippen LogP contribution >= 0.6 is 0 Å². The summed E-state index contributed by atoms with van der Waals surface area (Å²) in [4.78, 5) is 10.1. The summed E-state index contributed by atoms with van der Waals surface area (Å²) < 4.78 is 9.35. The minimum absolute atomic E-state index is 0.0287. The lowest BCUT2D eigenvalue weighted by Crippen LogP contribution is -2.58. The molecule has 0 aliphatic carbocycles. The number of fused-ring (bicyclic) bond motifs is 6. The molecule has 0 saturated heterocycles. The molecule has 0 atom stereocenters. The molecule has 0 unspecified atom stereocenters. The second-order valence-electron chi connectivity index (χ2n) is 24.5. The highest BCUT2D eigenvalue weighted by Crippen LogP contribution is 2.55. The fourth-order valence-corrected chi connectivity index (χ4v) is 15.6. The Labute approximate surface area is 489 Å². The largest absolute Gasteiger partial charge is 0.457 e. The van der Waals surface area contributed by atoms with Gasteiger partial charge in [0.2, 0.25) is 0 Å². The van der Waals surface area contributed by atoms with Crippen LogP contribution in [0.2, 0.25) is 18.1 Å². The van der Waals surface area contributed by atoms with Crippen LogP contribution in [0, 0.1) is 0 Å². The average Bonchev–Trinajstić information content (AvgIpc) is 2.46. The Morgan fingerprint density at radius 2 is 0.940 bits per heavy atom. The topological polar surface area (TPSA) is 33.5 Å². The summed E-state index contributed by atoms with van der Waals surface area (Å²) in [7, 11) is -2.23. The molecule has 5 nitrogen and oxygen atoms in total. The summed E-state index contributed by atoms with van der Waals surface area (Å²) in [6, 6.07) is 90.8. The molecule has 2 aliphatic heterocycles. The van der Waals surface area contributed by atoms with Gasteiger partial charge in [0.15, 0.2) is 0 Å². The van der Waals surface area contributed by atoms with E-state index in [1.54, 1.807) is 0 Å². The number of hydrogen-bond acceptors (Lipinski definition) is 4. The first-order chi connectivity index (χ1) is 40.3. The van der Waals surface area contributed by atoms with Crippen LogP contribution in [0.5, 0.6) is 11.5 Å². The first kappa shape index (κ1) is 51.6. The van der Waals surface area contributed by atoms with Gasteiger partial charge in [0.1, 0.15) is 17.3 Å². The van der Waals surface area contributed by atoms with E-state index in [4.69, 9.17) is 9.72 Å². The number of nitrogens with zero attached hydrogens (tertiary/aromatic N) is 4. The van der Waals surface area contributed by atoms with Crippen molar-refractivity contribution in [1.82, 2.24) is 9.55 Å². The molecule has 404 valence electrons. The lowest BCUT2D eigenvalue weighted by Gasteiger charge is -2.50. The monoisotopic (exact) mass is 1090 g/mol. The van der Waals surface area contributed by atoms with Crippen molar-refractivity contribution in [1.29, 1.82) is 0 Å². The van der Waals surface area contributed by atoms with Gasteiger partial charge < -0.3 is 14.5 Å². The molecule has 2 aromatic heterocycles. The molecule has 0 bridgehead atoms. The molecule has 4 heterocycles. The number of aromatic nitrogens is 2. The Morgan fingerprint density at radius 3 is 1.48 bits per heavy atom. The quantitative estimate of drug-likeness (QED) is 0.128. The summed E-state index contributed by atoms with van der Waals surface area (Å²) in [5, 5.41) is 3.64. The third-order valence-corrected chi connectivity index (χ3v) is 23.1. The number of rotatable bonds is 10. The van der Waals surface area contributed by atoms with Gasteiger partial charge in [-0.1, -0.05) is 212 Å². The van der Waals surface area contributed by atoms with Gasteiger partial charge in [-0.2, -0.15) is 0 Å². The highest BCUT2D eigenvalue weighted by atomic mass is 28.3. The Hall–Kier alpha value is -9.49. The van der Waals surface area contributed by atoms with E-state index >= 15 is 0 Å². The van der Waals surface area contributed by atoms with Crippen LogP contribution < -0.4 is 19.7 Å². The standard InChI is InChI=1S/C77H66N4OSi/c1-76(2,3)62-39-40-78-74(47-62)81-69-34-21-20-31-67(69)68-37-35-63(48-70(68)81)82-64-36-38-72-71(49-64)80-51-79(50-73(80)77(4,5)83(72,6)7)75-65(60-43-56(52-23-12-8-13-24-52)41-57(44-60)53-25-14-9-15-26-53)32-22-33-66(75)61-45-58(54-27-16-10-17-28-54)42-59(46-61)55-29-18-11-19-30-55/h8-50H,51H2,1-7H3. The van der Waals surface area contributed by atoms with Crippen molar-refractivity contribution in [3.05, 3.63) is 272 Å². The van der Waals surface area contributed by atoms with E-state index in [0.717, 1.165) is 44.9 Å². The number of hydrogen-bond donors (Lipinski definition) is 0. The molecule has 10 aromatic carbocycles. The number of allylic oxidation sites excluding steroid dienone is 1. The predicted molar refractivity (Wildman–Crippen MR) is 352 cm³/mol. The van der Waals surface area contributed by atoms with Gasteiger partial charge in [-0.25, -0.2) is 4.98 Å². The van der Waals surface area contributed by atoms with Crippen molar-refractivity contribution in [3.8, 4) is 84.1 Å². The normalized spacial score (nSPS) is 14.4. The fraction of sp³-hybridized carbons (Fsp3) is 0.130. The Bertz CT molecular complexity index is 4220. The molecule has 0 amide bonds. The van der Waals surface area contributed by atoms with E-state index < -0.39 is 8.07 Å². The molecular formula is C77H66N4OSi.